The Morgan fingerprint density at radius 1 is 0.875 bits per heavy atom. The number of halogens is 1. The second-order valence-electron chi connectivity index (χ2n) is 6.79. The minimum atomic E-state index is -0.840. The monoisotopic (exact) mass is 448 g/mol. The van der Waals surface area contributed by atoms with Crippen LogP contribution in [0.1, 0.15) is 36.8 Å². The molecule has 8 heteroatoms. The molecule has 4 rings (SSSR count). The molecule has 0 aliphatic heterocycles. The smallest absolute Gasteiger partial charge is 0.341 e. The van der Waals surface area contributed by atoms with Gasteiger partial charge in [-0.2, -0.15) is 0 Å². The predicted octanol–water partition coefficient (Wildman–Crippen LogP) is 4.46. The molecular formula is C24H17ClN2O5. The van der Waals surface area contributed by atoms with Crippen molar-refractivity contribution < 1.29 is 23.9 Å². The van der Waals surface area contributed by atoms with Gasteiger partial charge in [0.2, 0.25) is 5.78 Å². The number of carbonyl (C=O) groups is 3. The number of carbonyl (C=O) groups excluding carboxylic acids is 3. The van der Waals surface area contributed by atoms with Crippen LogP contribution >= 0.6 is 11.6 Å². The molecule has 0 bridgehead atoms. The number of fused-ring (bicyclic) bond motifs is 1. The van der Waals surface area contributed by atoms with Gasteiger partial charge in [0.15, 0.2) is 0 Å². The first-order valence-corrected chi connectivity index (χ1v) is 9.91. The number of rotatable bonds is 5. The number of methoxy groups -OCH3 is 2. The average molecular weight is 449 g/mol. The maximum atomic E-state index is 13.4. The molecule has 2 heterocycles. The Balaban J connectivity index is 2.08. The van der Waals surface area contributed by atoms with E-state index in [0.717, 1.165) is 0 Å². The second kappa shape index (κ2) is 8.64. The summed E-state index contributed by atoms with van der Waals surface area (Å²) >= 11 is 6.31. The minimum absolute atomic E-state index is 0.0448. The highest BCUT2D eigenvalue weighted by Gasteiger charge is 2.33. The number of esters is 2. The van der Waals surface area contributed by atoms with Crippen LogP contribution in [0.15, 0.2) is 67.0 Å². The van der Waals surface area contributed by atoms with Crippen LogP contribution in [0.25, 0.3) is 16.8 Å². The fraction of sp³-hybridized carbons (Fsp3) is 0.0833. The van der Waals surface area contributed by atoms with E-state index in [9.17, 15) is 14.4 Å². The zero-order valence-corrected chi connectivity index (χ0v) is 17.9. The summed E-state index contributed by atoms with van der Waals surface area (Å²) in [6.45, 7) is 0. The molecule has 0 saturated carbocycles. The SMILES string of the molecule is COC(=O)c1c(C(=O)OC)c2cc(-c3ccccc3Cl)ncn2c1C(=O)c1ccccc1. The molecule has 0 fully saturated rings. The van der Waals surface area contributed by atoms with Crippen molar-refractivity contribution in [3.63, 3.8) is 0 Å². The van der Waals surface area contributed by atoms with E-state index in [2.05, 4.69) is 4.98 Å². The Morgan fingerprint density at radius 3 is 2.16 bits per heavy atom. The maximum Gasteiger partial charge on any atom is 0.341 e. The van der Waals surface area contributed by atoms with Crippen molar-refractivity contribution in [2.75, 3.05) is 14.2 Å². The molecule has 0 N–H and O–H groups in total. The summed E-state index contributed by atoms with van der Waals surface area (Å²) in [5.41, 5.74) is 1.37. The summed E-state index contributed by atoms with van der Waals surface area (Å²) in [5, 5.41) is 0.462. The molecule has 32 heavy (non-hydrogen) atoms. The van der Waals surface area contributed by atoms with Crippen molar-refractivity contribution in [1.82, 2.24) is 9.38 Å². The molecular weight excluding hydrogens is 432 g/mol. The van der Waals surface area contributed by atoms with E-state index < -0.39 is 17.7 Å². The van der Waals surface area contributed by atoms with Gasteiger partial charge in [-0.1, -0.05) is 60.1 Å². The molecule has 0 spiro atoms. The predicted molar refractivity (Wildman–Crippen MR) is 118 cm³/mol. The van der Waals surface area contributed by atoms with Gasteiger partial charge < -0.3 is 9.47 Å². The molecule has 2 aromatic heterocycles. The van der Waals surface area contributed by atoms with E-state index >= 15 is 0 Å². The highest BCUT2D eigenvalue weighted by Crippen LogP contribution is 2.32. The lowest BCUT2D eigenvalue weighted by molar-refractivity contribution is 0.0556. The number of aromatic nitrogens is 2. The largest absolute Gasteiger partial charge is 0.465 e. The Bertz CT molecular complexity index is 1360. The standard InChI is InChI=1S/C24H17ClN2O5/c1-31-23(29)19-18-12-17(15-10-6-7-11-16(15)25)26-13-27(18)21(20(19)24(30)32-2)22(28)14-8-4-3-5-9-14/h3-13H,1-2H3. The number of hydrogen-bond acceptors (Lipinski definition) is 6. The molecule has 0 radical (unpaired) electrons. The minimum Gasteiger partial charge on any atom is -0.465 e. The lowest BCUT2D eigenvalue weighted by Crippen LogP contribution is -2.15. The lowest BCUT2D eigenvalue weighted by atomic mass is 10.0. The Hall–Kier alpha value is -3.97. The van der Waals surface area contributed by atoms with Crippen molar-refractivity contribution in [3.8, 4) is 11.3 Å². The molecule has 2 aromatic carbocycles. The molecule has 160 valence electrons. The number of nitrogens with zero attached hydrogens (tertiary/aromatic N) is 2. The molecule has 4 aromatic rings. The van der Waals surface area contributed by atoms with Gasteiger partial charge in [0, 0.05) is 16.1 Å². The molecule has 0 amide bonds. The van der Waals surface area contributed by atoms with Gasteiger partial charge in [0.05, 0.1) is 25.4 Å². The van der Waals surface area contributed by atoms with Gasteiger partial charge in [0.25, 0.3) is 0 Å². The van der Waals surface area contributed by atoms with E-state index in [1.807, 2.05) is 0 Å². The number of benzene rings is 2. The second-order valence-corrected chi connectivity index (χ2v) is 7.19. The third-order valence-corrected chi connectivity index (χ3v) is 5.34. The van der Waals surface area contributed by atoms with Gasteiger partial charge in [-0.25, -0.2) is 14.6 Å². The van der Waals surface area contributed by atoms with Gasteiger partial charge >= 0.3 is 11.9 Å². The van der Waals surface area contributed by atoms with Crippen LogP contribution in [0.5, 0.6) is 0 Å². The van der Waals surface area contributed by atoms with Crippen LogP contribution in [-0.4, -0.2) is 41.3 Å². The first-order valence-electron chi connectivity index (χ1n) is 9.53. The van der Waals surface area contributed by atoms with Crippen LogP contribution < -0.4 is 0 Å². The summed E-state index contributed by atoms with van der Waals surface area (Å²) in [6, 6.07) is 17.1. The first-order chi connectivity index (χ1) is 15.5. The van der Waals surface area contributed by atoms with Crippen molar-refractivity contribution in [2.45, 2.75) is 0 Å². The van der Waals surface area contributed by atoms with E-state index in [4.69, 9.17) is 21.1 Å². The third-order valence-electron chi connectivity index (χ3n) is 5.01. The summed E-state index contributed by atoms with van der Waals surface area (Å²) in [5.74, 6) is -2.09. The topological polar surface area (TPSA) is 87.0 Å². The van der Waals surface area contributed by atoms with Crippen LogP contribution in [0.4, 0.5) is 0 Å². The Kier molecular flexibility index (Phi) is 5.75. The quantitative estimate of drug-likeness (QED) is 0.331. The van der Waals surface area contributed by atoms with Crippen molar-refractivity contribution >= 4 is 34.8 Å². The van der Waals surface area contributed by atoms with E-state index in [1.165, 1.54) is 24.9 Å². The number of ketones is 1. The first kappa shape index (κ1) is 21.3. The van der Waals surface area contributed by atoms with Crippen molar-refractivity contribution in [2.24, 2.45) is 0 Å². The molecule has 7 nitrogen and oxygen atoms in total. The zero-order chi connectivity index (χ0) is 22.8. The molecule has 0 atom stereocenters. The van der Waals surface area contributed by atoms with Crippen molar-refractivity contribution in [1.29, 1.82) is 0 Å². The molecule has 0 saturated heterocycles. The zero-order valence-electron chi connectivity index (χ0n) is 17.2. The average Bonchev–Trinajstić information content (AvgIpc) is 3.17. The number of ether oxygens (including phenoxy) is 2. The van der Waals surface area contributed by atoms with Gasteiger partial charge in [-0.05, 0) is 12.1 Å². The highest BCUT2D eigenvalue weighted by molar-refractivity contribution is 6.33. The van der Waals surface area contributed by atoms with Crippen LogP contribution in [0.2, 0.25) is 5.02 Å². The van der Waals surface area contributed by atoms with Gasteiger partial charge in [-0.15, -0.1) is 0 Å². The van der Waals surface area contributed by atoms with Crippen molar-refractivity contribution in [3.05, 3.63) is 94.4 Å². The van der Waals surface area contributed by atoms with E-state index in [1.54, 1.807) is 60.7 Å². The summed E-state index contributed by atoms with van der Waals surface area (Å²) in [7, 11) is 2.37. The Labute approximate surface area is 188 Å². The van der Waals surface area contributed by atoms with Gasteiger partial charge in [-0.3, -0.25) is 9.20 Å². The summed E-state index contributed by atoms with van der Waals surface area (Å²) < 4.78 is 11.2. The molecule has 0 unspecified atom stereocenters. The van der Waals surface area contributed by atoms with E-state index in [-0.39, 0.29) is 22.3 Å². The fourth-order valence-corrected chi connectivity index (χ4v) is 3.76. The van der Waals surface area contributed by atoms with Crippen LogP contribution in [0, 0.1) is 0 Å². The summed E-state index contributed by atoms with van der Waals surface area (Å²) in [4.78, 5) is 43.3. The molecule has 0 aliphatic carbocycles. The maximum absolute atomic E-state index is 13.4. The summed E-state index contributed by atoms with van der Waals surface area (Å²) in [6.07, 6.45) is 1.38. The Morgan fingerprint density at radius 2 is 1.50 bits per heavy atom. The lowest BCUT2D eigenvalue weighted by Gasteiger charge is -2.07. The van der Waals surface area contributed by atoms with Crippen LogP contribution in [0.3, 0.4) is 0 Å². The van der Waals surface area contributed by atoms with Crippen LogP contribution in [-0.2, 0) is 9.47 Å². The third kappa shape index (κ3) is 3.52. The van der Waals surface area contributed by atoms with E-state index in [0.29, 0.717) is 21.8 Å². The van der Waals surface area contributed by atoms with Gasteiger partial charge in [0.1, 0.15) is 23.1 Å². The number of hydrogen-bond donors (Lipinski definition) is 0. The molecule has 0 aliphatic rings. The fourth-order valence-electron chi connectivity index (χ4n) is 3.53. The highest BCUT2D eigenvalue weighted by atomic mass is 35.5. The normalized spacial score (nSPS) is 10.7.